The van der Waals surface area contributed by atoms with E-state index in [0.717, 1.165) is 11.3 Å². The van der Waals surface area contributed by atoms with Crippen LogP contribution in [0, 0.1) is 5.92 Å². The summed E-state index contributed by atoms with van der Waals surface area (Å²) in [7, 11) is 0. The van der Waals surface area contributed by atoms with Gasteiger partial charge >= 0.3 is 5.97 Å². The summed E-state index contributed by atoms with van der Waals surface area (Å²) in [6.45, 7) is 0.596. The molecule has 1 aromatic rings. The molecule has 8 heteroatoms. The topological polar surface area (TPSA) is 89.7 Å². The van der Waals surface area contributed by atoms with Gasteiger partial charge in [0, 0.05) is 19.0 Å². The Labute approximate surface area is 130 Å². The Morgan fingerprint density at radius 2 is 2.00 bits per heavy atom. The Hall–Kier alpha value is -1.60. The molecule has 0 unspecified atom stereocenters. The van der Waals surface area contributed by atoms with Crippen molar-refractivity contribution in [3.63, 3.8) is 0 Å². The number of primary amides is 1. The zero-order valence-electron chi connectivity index (χ0n) is 11.2. The molecule has 1 aliphatic heterocycles. The van der Waals surface area contributed by atoms with Crippen molar-refractivity contribution in [2.75, 3.05) is 19.7 Å². The Kier molecular flexibility index (Phi) is 5.19. The lowest BCUT2D eigenvalue weighted by Crippen LogP contribution is -2.43. The number of hydrogen-bond acceptors (Lipinski definition) is 5. The third-order valence-corrected chi connectivity index (χ3v) is 4.56. The minimum Gasteiger partial charge on any atom is -0.451 e. The van der Waals surface area contributed by atoms with Crippen LogP contribution in [0.5, 0.6) is 0 Å². The van der Waals surface area contributed by atoms with Gasteiger partial charge in [-0.25, -0.2) is 4.79 Å². The van der Waals surface area contributed by atoms with Crippen molar-refractivity contribution in [2.24, 2.45) is 11.7 Å². The molecule has 2 heterocycles. The van der Waals surface area contributed by atoms with Gasteiger partial charge in [-0.3, -0.25) is 9.59 Å². The van der Waals surface area contributed by atoms with Gasteiger partial charge in [0.05, 0.1) is 4.34 Å². The fourth-order valence-electron chi connectivity index (χ4n) is 2.13. The number of likely N-dealkylation sites (tertiary alicyclic amines) is 1. The third kappa shape index (κ3) is 4.18. The normalized spacial score (nSPS) is 15.8. The number of hydrogen-bond donors (Lipinski definition) is 1. The highest BCUT2D eigenvalue weighted by Gasteiger charge is 2.26. The predicted molar refractivity (Wildman–Crippen MR) is 78.1 cm³/mol. The molecule has 0 aliphatic carbocycles. The number of rotatable bonds is 4. The van der Waals surface area contributed by atoms with Gasteiger partial charge in [-0.05, 0) is 25.0 Å². The number of nitrogens with zero attached hydrogens (tertiary/aromatic N) is 1. The molecular formula is C13H15ClN2O4S. The monoisotopic (exact) mass is 330 g/mol. The lowest BCUT2D eigenvalue weighted by Gasteiger charge is -2.30. The molecule has 0 saturated carbocycles. The molecule has 114 valence electrons. The number of esters is 1. The smallest absolute Gasteiger partial charge is 0.348 e. The number of thiophene rings is 1. The van der Waals surface area contributed by atoms with Crippen LogP contribution >= 0.6 is 22.9 Å². The second-order valence-electron chi connectivity index (χ2n) is 4.74. The zero-order chi connectivity index (χ0) is 15.4. The minimum atomic E-state index is -0.563. The van der Waals surface area contributed by atoms with Crippen LogP contribution in [0.25, 0.3) is 0 Å². The van der Waals surface area contributed by atoms with E-state index < -0.39 is 5.97 Å². The SMILES string of the molecule is NC(=O)C1CCN(C(=O)COC(=O)c2ccc(Cl)s2)CC1. The summed E-state index contributed by atoms with van der Waals surface area (Å²) >= 11 is 6.83. The van der Waals surface area contributed by atoms with Gasteiger partial charge in [0.25, 0.3) is 5.91 Å². The summed E-state index contributed by atoms with van der Waals surface area (Å²) < 4.78 is 5.45. The van der Waals surface area contributed by atoms with Crippen molar-refractivity contribution in [1.29, 1.82) is 0 Å². The van der Waals surface area contributed by atoms with Crippen molar-refractivity contribution in [2.45, 2.75) is 12.8 Å². The second-order valence-corrected chi connectivity index (χ2v) is 6.45. The van der Waals surface area contributed by atoms with Crippen molar-refractivity contribution < 1.29 is 19.1 Å². The highest BCUT2D eigenvalue weighted by atomic mass is 35.5. The van der Waals surface area contributed by atoms with E-state index in [9.17, 15) is 14.4 Å². The van der Waals surface area contributed by atoms with Gasteiger partial charge < -0.3 is 15.4 Å². The van der Waals surface area contributed by atoms with E-state index in [-0.39, 0.29) is 24.3 Å². The zero-order valence-corrected chi connectivity index (χ0v) is 12.8. The fraction of sp³-hybridized carbons (Fsp3) is 0.462. The second kappa shape index (κ2) is 6.91. The van der Waals surface area contributed by atoms with Crippen molar-refractivity contribution in [1.82, 2.24) is 4.90 Å². The summed E-state index contributed by atoms with van der Waals surface area (Å²) in [6.07, 6.45) is 1.10. The van der Waals surface area contributed by atoms with Crippen molar-refractivity contribution in [3.05, 3.63) is 21.3 Å². The molecule has 1 saturated heterocycles. The average Bonchev–Trinajstić information content (AvgIpc) is 2.91. The van der Waals surface area contributed by atoms with E-state index in [4.69, 9.17) is 22.1 Å². The molecule has 0 radical (unpaired) electrons. The van der Waals surface area contributed by atoms with Crippen LogP contribution in [0.3, 0.4) is 0 Å². The molecule has 0 spiro atoms. The summed E-state index contributed by atoms with van der Waals surface area (Å²) in [6, 6.07) is 3.15. The molecule has 6 nitrogen and oxygen atoms in total. The third-order valence-electron chi connectivity index (χ3n) is 3.35. The molecule has 1 fully saturated rings. The maximum absolute atomic E-state index is 11.9. The maximum atomic E-state index is 11.9. The van der Waals surface area contributed by atoms with Gasteiger partial charge in [0.2, 0.25) is 5.91 Å². The predicted octanol–water partition coefficient (Wildman–Crippen LogP) is 1.28. The van der Waals surface area contributed by atoms with Gasteiger partial charge in [0.1, 0.15) is 4.88 Å². The molecule has 0 atom stereocenters. The number of halogens is 1. The van der Waals surface area contributed by atoms with Crippen LogP contribution in [0.15, 0.2) is 12.1 Å². The van der Waals surface area contributed by atoms with Gasteiger partial charge in [-0.1, -0.05) is 11.6 Å². The quantitative estimate of drug-likeness (QED) is 0.842. The number of amides is 2. The van der Waals surface area contributed by atoms with Crippen LogP contribution < -0.4 is 5.73 Å². The molecule has 2 N–H and O–H groups in total. The molecule has 1 aromatic heterocycles. The van der Waals surface area contributed by atoms with Crippen LogP contribution in [-0.2, 0) is 14.3 Å². The summed E-state index contributed by atoms with van der Waals surface area (Å²) in [4.78, 5) is 36.6. The maximum Gasteiger partial charge on any atom is 0.348 e. The first-order valence-electron chi connectivity index (χ1n) is 6.47. The van der Waals surface area contributed by atoms with E-state index in [2.05, 4.69) is 0 Å². The largest absolute Gasteiger partial charge is 0.451 e. The van der Waals surface area contributed by atoms with Crippen LogP contribution in [0.2, 0.25) is 4.34 Å². The number of carbonyl (C=O) groups excluding carboxylic acids is 3. The molecule has 2 amide bonds. The Bertz CT molecular complexity index is 552. The van der Waals surface area contributed by atoms with E-state index >= 15 is 0 Å². The fourth-order valence-corrected chi connectivity index (χ4v) is 3.06. The lowest BCUT2D eigenvalue weighted by atomic mass is 9.96. The Balaban J connectivity index is 1.78. The highest BCUT2D eigenvalue weighted by Crippen LogP contribution is 2.22. The van der Waals surface area contributed by atoms with Gasteiger partial charge in [0.15, 0.2) is 6.61 Å². The van der Waals surface area contributed by atoms with Crippen molar-refractivity contribution in [3.8, 4) is 0 Å². The van der Waals surface area contributed by atoms with E-state index in [0.29, 0.717) is 35.1 Å². The molecule has 1 aliphatic rings. The number of nitrogens with two attached hydrogens (primary N) is 1. The average molecular weight is 331 g/mol. The molecular weight excluding hydrogens is 316 g/mol. The van der Waals surface area contributed by atoms with E-state index in [1.807, 2.05) is 0 Å². The molecule has 0 bridgehead atoms. The van der Waals surface area contributed by atoms with Crippen molar-refractivity contribution >= 4 is 40.7 Å². The number of piperidine rings is 1. The minimum absolute atomic E-state index is 0.176. The summed E-state index contributed by atoms with van der Waals surface area (Å²) in [5.41, 5.74) is 5.23. The standard InChI is InChI=1S/C13H15ClN2O4S/c14-10-2-1-9(21-10)13(19)20-7-11(17)16-5-3-8(4-6-16)12(15)18/h1-2,8H,3-7H2,(H2,15,18). The van der Waals surface area contributed by atoms with Crippen LogP contribution in [0.4, 0.5) is 0 Å². The number of ether oxygens (including phenoxy) is 1. The Morgan fingerprint density at radius 1 is 1.33 bits per heavy atom. The van der Waals surface area contributed by atoms with E-state index in [1.54, 1.807) is 17.0 Å². The Morgan fingerprint density at radius 3 is 2.52 bits per heavy atom. The highest BCUT2D eigenvalue weighted by molar-refractivity contribution is 7.17. The molecule has 21 heavy (non-hydrogen) atoms. The van der Waals surface area contributed by atoms with E-state index in [1.165, 1.54) is 0 Å². The first-order valence-corrected chi connectivity index (χ1v) is 7.66. The first kappa shape index (κ1) is 15.8. The van der Waals surface area contributed by atoms with Gasteiger partial charge in [-0.15, -0.1) is 11.3 Å². The first-order chi connectivity index (χ1) is 9.97. The van der Waals surface area contributed by atoms with Gasteiger partial charge in [-0.2, -0.15) is 0 Å². The molecule has 2 rings (SSSR count). The number of carbonyl (C=O) groups is 3. The van der Waals surface area contributed by atoms with Crippen LogP contribution in [-0.4, -0.2) is 42.4 Å². The lowest BCUT2D eigenvalue weighted by molar-refractivity contribution is -0.137. The molecule has 0 aromatic carbocycles. The van der Waals surface area contributed by atoms with Crippen LogP contribution in [0.1, 0.15) is 22.5 Å². The summed E-state index contributed by atoms with van der Waals surface area (Å²) in [5, 5.41) is 0. The summed E-state index contributed by atoms with van der Waals surface area (Å²) in [5.74, 6) is -1.34.